The summed E-state index contributed by atoms with van der Waals surface area (Å²) in [5.41, 5.74) is 3.33. The zero-order valence-corrected chi connectivity index (χ0v) is 16.5. The molecule has 8 nitrogen and oxygen atoms in total. The highest BCUT2D eigenvalue weighted by Crippen LogP contribution is 2.25. The number of carbonyl (C=O) groups is 1. The highest BCUT2D eigenvalue weighted by Gasteiger charge is 2.18. The third-order valence-corrected chi connectivity index (χ3v) is 4.85. The average Bonchev–Trinajstić information content (AvgIpc) is 3.49. The number of fused-ring (bicyclic) bond motifs is 1. The van der Waals surface area contributed by atoms with E-state index < -0.39 is 0 Å². The van der Waals surface area contributed by atoms with Crippen molar-refractivity contribution in [3.05, 3.63) is 96.6 Å². The second-order valence-electron chi connectivity index (χ2n) is 6.92. The van der Waals surface area contributed by atoms with Crippen molar-refractivity contribution >= 4 is 16.9 Å². The Kier molecular flexibility index (Phi) is 4.94. The number of nitrogens with zero attached hydrogens (tertiary/aromatic N) is 5. The van der Waals surface area contributed by atoms with Crippen molar-refractivity contribution in [2.24, 2.45) is 0 Å². The van der Waals surface area contributed by atoms with E-state index in [1.807, 2.05) is 42.5 Å². The van der Waals surface area contributed by atoms with E-state index in [-0.39, 0.29) is 5.91 Å². The number of hydrogen-bond acceptors (Lipinski definition) is 6. The quantitative estimate of drug-likeness (QED) is 0.460. The molecule has 8 heteroatoms. The topological polar surface area (TPSA) is 98.7 Å². The first-order valence-electron chi connectivity index (χ1n) is 9.75. The number of aromatic nitrogens is 5. The van der Waals surface area contributed by atoms with E-state index in [0.29, 0.717) is 35.4 Å². The Morgan fingerprint density at radius 1 is 1.06 bits per heavy atom. The van der Waals surface area contributed by atoms with Crippen LogP contribution in [0.5, 0.6) is 0 Å². The van der Waals surface area contributed by atoms with Crippen LogP contribution in [0.25, 0.3) is 22.3 Å². The summed E-state index contributed by atoms with van der Waals surface area (Å²) in [7, 11) is 0. The predicted octanol–water partition coefficient (Wildman–Crippen LogP) is 3.46. The van der Waals surface area contributed by atoms with Gasteiger partial charge in [0.15, 0.2) is 5.65 Å². The van der Waals surface area contributed by atoms with E-state index in [9.17, 15) is 4.79 Å². The molecule has 0 atom stereocenters. The van der Waals surface area contributed by atoms with Crippen LogP contribution in [0.3, 0.4) is 0 Å². The minimum atomic E-state index is -0.222. The normalized spacial score (nSPS) is 11.0. The Morgan fingerprint density at radius 2 is 2.03 bits per heavy atom. The van der Waals surface area contributed by atoms with Crippen LogP contribution in [0, 0.1) is 0 Å². The molecule has 0 aromatic carbocycles. The third kappa shape index (κ3) is 3.91. The van der Waals surface area contributed by atoms with Crippen LogP contribution >= 0.6 is 0 Å². The van der Waals surface area contributed by atoms with Crippen LogP contribution in [-0.4, -0.2) is 30.6 Å². The van der Waals surface area contributed by atoms with Gasteiger partial charge >= 0.3 is 0 Å². The van der Waals surface area contributed by atoms with Gasteiger partial charge in [0, 0.05) is 24.2 Å². The molecule has 31 heavy (non-hydrogen) atoms. The van der Waals surface area contributed by atoms with Crippen LogP contribution in [0.4, 0.5) is 0 Å². The molecule has 1 N–H and O–H groups in total. The second kappa shape index (κ2) is 8.19. The summed E-state index contributed by atoms with van der Waals surface area (Å²) in [6.45, 7) is 0.737. The van der Waals surface area contributed by atoms with Crippen molar-refractivity contribution in [1.82, 2.24) is 30.0 Å². The summed E-state index contributed by atoms with van der Waals surface area (Å²) in [4.78, 5) is 26.3. The highest BCUT2D eigenvalue weighted by molar-refractivity contribution is 6.06. The molecule has 5 heterocycles. The largest absolute Gasteiger partial charge is 0.467 e. The Morgan fingerprint density at radius 3 is 2.81 bits per heavy atom. The smallest absolute Gasteiger partial charge is 0.252 e. The first kappa shape index (κ1) is 18.7. The van der Waals surface area contributed by atoms with Gasteiger partial charge in [-0.15, -0.1) is 0 Å². The van der Waals surface area contributed by atoms with Gasteiger partial charge in [0.1, 0.15) is 12.3 Å². The summed E-state index contributed by atoms with van der Waals surface area (Å²) in [6.07, 6.45) is 8.39. The maximum absolute atomic E-state index is 13.1. The molecule has 0 aliphatic carbocycles. The number of nitrogens with one attached hydrogen (secondary N) is 1. The van der Waals surface area contributed by atoms with Crippen LogP contribution in [0.1, 0.15) is 21.8 Å². The molecule has 0 spiro atoms. The molecule has 0 aliphatic heterocycles. The van der Waals surface area contributed by atoms with Gasteiger partial charge < -0.3 is 9.73 Å². The molecule has 5 rings (SSSR count). The molecule has 5 aromatic heterocycles. The van der Waals surface area contributed by atoms with Crippen molar-refractivity contribution < 1.29 is 9.21 Å². The molecule has 152 valence electrons. The van der Waals surface area contributed by atoms with Gasteiger partial charge in [-0.05, 0) is 42.5 Å². The van der Waals surface area contributed by atoms with Crippen molar-refractivity contribution in [3.63, 3.8) is 0 Å². The van der Waals surface area contributed by atoms with Crippen molar-refractivity contribution in [1.29, 1.82) is 0 Å². The first-order chi connectivity index (χ1) is 15.3. The van der Waals surface area contributed by atoms with Crippen molar-refractivity contribution in [3.8, 4) is 11.3 Å². The first-order valence-corrected chi connectivity index (χ1v) is 9.75. The Labute approximate surface area is 177 Å². The molecule has 0 radical (unpaired) electrons. The summed E-state index contributed by atoms with van der Waals surface area (Å²) < 4.78 is 7.18. The maximum Gasteiger partial charge on any atom is 0.252 e. The Bertz CT molecular complexity index is 1310. The molecule has 0 saturated heterocycles. The predicted molar refractivity (Wildman–Crippen MR) is 114 cm³/mol. The third-order valence-electron chi connectivity index (χ3n) is 4.85. The zero-order chi connectivity index (χ0) is 21.0. The van der Waals surface area contributed by atoms with Gasteiger partial charge in [0.05, 0.1) is 41.3 Å². The highest BCUT2D eigenvalue weighted by atomic mass is 16.3. The summed E-state index contributed by atoms with van der Waals surface area (Å²) in [6, 6.07) is 14.8. The van der Waals surface area contributed by atoms with E-state index in [1.165, 1.54) is 0 Å². The number of pyridine rings is 3. The zero-order valence-electron chi connectivity index (χ0n) is 16.5. The average molecular weight is 410 g/mol. The van der Waals surface area contributed by atoms with Gasteiger partial charge in [-0.2, -0.15) is 5.10 Å². The lowest BCUT2D eigenvalue weighted by atomic mass is 10.1. The van der Waals surface area contributed by atoms with E-state index in [2.05, 4.69) is 20.4 Å². The van der Waals surface area contributed by atoms with Gasteiger partial charge in [0.2, 0.25) is 0 Å². The fourth-order valence-corrected chi connectivity index (χ4v) is 3.33. The van der Waals surface area contributed by atoms with E-state index in [0.717, 1.165) is 17.0 Å². The molecule has 0 unspecified atom stereocenters. The molecule has 1 amide bonds. The fraction of sp³-hybridized carbons (Fsp3) is 0.0870. The van der Waals surface area contributed by atoms with Crippen LogP contribution < -0.4 is 5.32 Å². The lowest BCUT2D eigenvalue weighted by molar-refractivity contribution is 0.0952. The summed E-state index contributed by atoms with van der Waals surface area (Å²) >= 11 is 0. The molecular weight excluding hydrogens is 392 g/mol. The SMILES string of the molecule is O=C(NCc1ccccn1)c1cc(-c2cccnc2)nc2c1cnn2Cc1ccco1. The lowest BCUT2D eigenvalue weighted by Crippen LogP contribution is -2.23. The number of carbonyl (C=O) groups excluding carboxylic acids is 1. The van der Waals surface area contributed by atoms with Gasteiger partial charge in [-0.1, -0.05) is 6.07 Å². The minimum absolute atomic E-state index is 0.222. The minimum Gasteiger partial charge on any atom is -0.467 e. The van der Waals surface area contributed by atoms with Gasteiger partial charge in [-0.3, -0.25) is 14.8 Å². The van der Waals surface area contributed by atoms with E-state index >= 15 is 0 Å². The van der Waals surface area contributed by atoms with Crippen molar-refractivity contribution in [2.75, 3.05) is 0 Å². The van der Waals surface area contributed by atoms with Crippen LogP contribution in [0.15, 0.2) is 84.0 Å². The number of rotatable bonds is 6. The summed E-state index contributed by atoms with van der Waals surface area (Å²) in [5, 5.41) is 8.06. The van der Waals surface area contributed by atoms with Crippen molar-refractivity contribution in [2.45, 2.75) is 13.1 Å². The van der Waals surface area contributed by atoms with E-state index in [1.54, 1.807) is 41.8 Å². The monoisotopic (exact) mass is 410 g/mol. The standard InChI is InChI=1S/C23H18N6O2/c30-23(26-13-17-6-1-2-9-25-17)19-11-21(16-5-3-8-24-12-16)28-22-20(19)14-27-29(22)15-18-7-4-10-31-18/h1-12,14H,13,15H2,(H,26,30). The maximum atomic E-state index is 13.1. The second-order valence-corrected chi connectivity index (χ2v) is 6.92. The van der Waals surface area contributed by atoms with E-state index in [4.69, 9.17) is 9.40 Å². The van der Waals surface area contributed by atoms with Gasteiger partial charge in [-0.25, -0.2) is 9.67 Å². The van der Waals surface area contributed by atoms with Crippen LogP contribution in [0.2, 0.25) is 0 Å². The van der Waals surface area contributed by atoms with Gasteiger partial charge in [0.25, 0.3) is 5.91 Å². The fourth-order valence-electron chi connectivity index (χ4n) is 3.33. The Hall–Kier alpha value is -4.33. The number of furan rings is 1. The molecule has 0 aliphatic rings. The number of hydrogen-bond donors (Lipinski definition) is 1. The molecule has 5 aromatic rings. The molecule has 0 bridgehead atoms. The lowest BCUT2D eigenvalue weighted by Gasteiger charge is -2.09. The number of amides is 1. The molecule has 0 saturated carbocycles. The summed E-state index contributed by atoms with van der Waals surface area (Å²) in [5.74, 6) is 0.528. The molecular formula is C23H18N6O2. The van der Waals surface area contributed by atoms with Crippen LogP contribution in [-0.2, 0) is 13.1 Å². The Balaban J connectivity index is 1.55. The molecule has 0 fully saturated rings.